The van der Waals surface area contributed by atoms with Gasteiger partial charge in [-0.1, -0.05) is 0 Å². The fraction of sp³-hybridized carbons (Fsp3) is 0.600. The molecule has 0 bridgehead atoms. The van der Waals surface area contributed by atoms with Crippen LogP contribution in [0.4, 0.5) is 0 Å². The van der Waals surface area contributed by atoms with E-state index in [0.717, 1.165) is 5.06 Å². The lowest BCUT2D eigenvalue weighted by molar-refractivity contribution is -0.0899. The number of hydroxylamine groups is 2. The fourth-order valence-electron chi connectivity index (χ4n) is 0.845. The monoisotopic (exact) mass is 179 g/mol. The van der Waals surface area contributed by atoms with Crippen molar-refractivity contribution in [2.45, 2.75) is 6.92 Å². The molecule has 0 aromatic rings. The van der Waals surface area contributed by atoms with E-state index in [1.165, 1.54) is 6.08 Å². The first-order valence-electron chi connectivity index (χ1n) is 3.14. The second kappa shape index (κ2) is 2.80. The van der Waals surface area contributed by atoms with Crippen LogP contribution in [0.15, 0.2) is 11.1 Å². The molecular weight excluding hydrogens is 170 g/mol. The van der Waals surface area contributed by atoms with Crippen LogP contribution >= 0.6 is 0 Å². The Kier molecular flexibility index (Phi) is 2.17. The van der Waals surface area contributed by atoms with Gasteiger partial charge in [0.05, 0.1) is 6.61 Å². The molecule has 0 unspecified atom stereocenters. The van der Waals surface area contributed by atoms with Gasteiger partial charge in [0.2, 0.25) is 0 Å². The maximum atomic E-state index is 10.6. The average Bonchev–Trinajstić information content (AvgIpc) is 2.31. The summed E-state index contributed by atoms with van der Waals surface area (Å²) in [4.78, 5) is 4.84. The molecular formula is C5H9NO4S. The molecule has 1 heterocycles. The molecule has 0 aromatic carbocycles. The van der Waals surface area contributed by atoms with Crippen molar-refractivity contribution in [3.05, 3.63) is 11.1 Å². The Labute approximate surface area is 65.0 Å². The van der Waals surface area contributed by atoms with Gasteiger partial charge in [-0.3, -0.25) is 9.39 Å². The predicted molar refractivity (Wildman–Crippen MR) is 38.0 cm³/mol. The highest BCUT2D eigenvalue weighted by molar-refractivity contribution is 7.89. The van der Waals surface area contributed by atoms with E-state index in [-0.39, 0.29) is 11.6 Å². The van der Waals surface area contributed by atoms with Crippen LogP contribution in [0.5, 0.6) is 0 Å². The molecule has 0 aliphatic carbocycles. The average molecular weight is 179 g/mol. The largest absolute Gasteiger partial charge is 0.311 e. The summed E-state index contributed by atoms with van der Waals surface area (Å²) in [5, 5.41) is 0.968. The van der Waals surface area contributed by atoms with Gasteiger partial charge in [-0.2, -0.15) is 8.42 Å². The van der Waals surface area contributed by atoms with E-state index in [2.05, 4.69) is 0 Å². The molecule has 1 aliphatic heterocycles. The van der Waals surface area contributed by atoms with Crippen molar-refractivity contribution < 1.29 is 17.8 Å². The molecule has 11 heavy (non-hydrogen) atoms. The van der Waals surface area contributed by atoms with Crippen molar-refractivity contribution in [1.29, 1.82) is 0 Å². The molecule has 0 spiro atoms. The lowest BCUT2D eigenvalue weighted by Gasteiger charge is -2.15. The summed E-state index contributed by atoms with van der Waals surface area (Å²) in [6, 6.07) is 0. The third-order valence-electron chi connectivity index (χ3n) is 1.29. The van der Waals surface area contributed by atoms with Crippen LogP contribution in [0.3, 0.4) is 0 Å². The summed E-state index contributed by atoms with van der Waals surface area (Å²) in [5.41, 5.74) is 0. The number of nitrogens with zero attached hydrogens (tertiary/aromatic N) is 1. The lowest BCUT2D eigenvalue weighted by Crippen LogP contribution is -2.22. The van der Waals surface area contributed by atoms with E-state index in [9.17, 15) is 8.42 Å². The first-order valence-corrected chi connectivity index (χ1v) is 4.58. The third kappa shape index (κ3) is 1.70. The smallest absolute Gasteiger partial charge is 0.281 e. The standard InChI is InChI=1S/C5H9NO4S/c1-2-6-5(3-4-10-6)11(7,8)9/h3H,2,4H2,1H3,(H,7,8,9). The van der Waals surface area contributed by atoms with Gasteiger partial charge in [-0.15, -0.1) is 0 Å². The van der Waals surface area contributed by atoms with Gasteiger partial charge in [0.15, 0.2) is 5.03 Å². The Morgan fingerprint density at radius 1 is 1.82 bits per heavy atom. The SMILES string of the molecule is CCN1OCC=C1S(=O)(=O)O. The van der Waals surface area contributed by atoms with Gasteiger partial charge < -0.3 is 0 Å². The van der Waals surface area contributed by atoms with Crippen molar-refractivity contribution in [3.63, 3.8) is 0 Å². The summed E-state index contributed by atoms with van der Waals surface area (Å²) < 4.78 is 29.7. The Balaban J connectivity index is 2.88. The number of rotatable bonds is 2. The fourth-order valence-corrected chi connectivity index (χ4v) is 1.56. The van der Waals surface area contributed by atoms with Crippen molar-refractivity contribution in [3.8, 4) is 0 Å². The molecule has 1 rings (SSSR count). The molecule has 1 aliphatic rings. The maximum absolute atomic E-state index is 10.6. The van der Waals surface area contributed by atoms with Gasteiger partial charge in [0, 0.05) is 6.54 Å². The van der Waals surface area contributed by atoms with Crippen molar-refractivity contribution in [2.75, 3.05) is 13.2 Å². The Hall–Kier alpha value is -0.590. The molecule has 0 radical (unpaired) electrons. The minimum Gasteiger partial charge on any atom is -0.281 e. The molecule has 5 nitrogen and oxygen atoms in total. The van der Waals surface area contributed by atoms with E-state index < -0.39 is 10.1 Å². The van der Waals surface area contributed by atoms with Gasteiger partial charge in [-0.25, -0.2) is 5.06 Å². The van der Waals surface area contributed by atoms with Crippen LogP contribution in [-0.2, 0) is 15.0 Å². The zero-order valence-corrected chi connectivity index (χ0v) is 6.84. The molecule has 0 saturated heterocycles. The minimum atomic E-state index is -4.10. The normalized spacial score (nSPS) is 18.7. The van der Waals surface area contributed by atoms with Crippen LogP contribution < -0.4 is 0 Å². The topological polar surface area (TPSA) is 66.8 Å². The molecule has 0 atom stereocenters. The summed E-state index contributed by atoms with van der Waals surface area (Å²) in [6.07, 6.45) is 1.32. The lowest BCUT2D eigenvalue weighted by atomic mass is 10.6. The van der Waals surface area contributed by atoms with E-state index in [0.29, 0.717) is 6.54 Å². The van der Waals surface area contributed by atoms with Crippen LogP contribution in [0.2, 0.25) is 0 Å². The second-order valence-electron chi connectivity index (χ2n) is 2.01. The van der Waals surface area contributed by atoms with Crippen molar-refractivity contribution in [1.82, 2.24) is 5.06 Å². The van der Waals surface area contributed by atoms with Crippen molar-refractivity contribution >= 4 is 10.1 Å². The molecule has 64 valence electrons. The third-order valence-corrected chi connectivity index (χ3v) is 2.18. The predicted octanol–water partition coefficient (Wildman–Crippen LogP) is -0.0173. The Morgan fingerprint density at radius 2 is 2.45 bits per heavy atom. The molecule has 0 aromatic heterocycles. The second-order valence-corrected chi connectivity index (χ2v) is 3.38. The summed E-state index contributed by atoms with van der Waals surface area (Å²) in [5.74, 6) is 0. The highest BCUT2D eigenvalue weighted by Crippen LogP contribution is 2.16. The zero-order valence-electron chi connectivity index (χ0n) is 6.02. The first kappa shape index (κ1) is 8.51. The molecule has 0 saturated carbocycles. The van der Waals surface area contributed by atoms with Crippen LogP contribution in [0.25, 0.3) is 0 Å². The highest BCUT2D eigenvalue weighted by Gasteiger charge is 2.24. The molecule has 1 N–H and O–H groups in total. The van der Waals surface area contributed by atoms with Gasteiger partial charge in [-0.05, 0) is 13.0 Å². The quantitative estimate of drug-likeness (QED) is 0.603. The van der Waals surface area contributed by atoms with E-state index in [1.807, 2.05) is 0 Å². The van der Waals surface area contributed by atoms with Gasteiger partial charge in [0.25, 0.3) is 0 Å². The minimum absolute atomic E-state index is 0.167. The molecule has 0 amide bonds. The van der Waals surface area contributed by atoms with E-state index in [1.54, 1.807) is 6.92 Å². The molecule has 0 fully saturated rings. The number of hydrogen-bond donors (Lipinski definition) is 1. The summed E-state index contributed by atoms with van der Waals surface area (Å²) in [7, 11) is -4.10. The van der Waals surface area contributed by atoms with Crippen LogP contribution in [0.1, 0.15) is 6.92 Å². The maximum Gasteiger partial charge on any atom is 0.311 e. The zero-order chi connectivity index (χ0) is 8.48. The van der Waals surface area contributed by atoms with Gasteiger partial charge in [0.1, 0.15) is 0 Å². The van der Waals surface area contributed by atoms with Crippen LogP contribution in [0, 0.1) is 0 Å². The Bertz CT molecular complexity index is 268. The summed E-state index contributed by atoms with van der Waals surface area (Å²) in [6.45, 7) is 2.32. The molecule has 6 heteroatoms. The first-order chi connectivity index (χ1) is 5.05. The van der Waals surface area contributed by atoms with Crippen LogP contribution in [-0.4, -0.2) is 31.2 Å². The number of hydrogen-bond acceptors (Lipinski definition) is 4. The van der Waals surface area contributed by atoms with Crippen molar-refractivity contribution in [2.24, 2.45) is 0 Å². The van der Waals surface area contributed by atoms with Gasteiger partial charge >= 0.3 is 10.1 Å². The van der Waals surface area contributed by atoms with E-state index >= 15 is 0 Å². The summed E-state index contributed by atoms with van der Waals surface area (Å²) >= 11 is 0. The highest BCUT2D eigenvalue weighted by atomic mass is 32.2. The van der Waals surface area contributed by atoms with E-state index in [4.69, 9.17) is 9.39 Å². The Morgan fingerprint density at radius 3 is 2.82 bits per heavy atom.